The van der Waals surface area contributed by atoms with Crippen LogP contribution in [0.2, 0.25) is 0 Å². The van der Waals surface area contributed by atoms with Crippen LogP contribution in [-0.2, 0) is 29.2 Å². The minimum Gasteiger partial charge on any atom is -1.00 e. The zero-order valence-electron chi connectivity index (χ0n) is 18.2. The van der Waals surface area contributed by atoms with Crippen molar-refractivity contribution in [1.29, 1.82) is 0 Å². The molecular weight excluding hydrogens is 387 g/mol. The monoisotopic (exact) mass is 412 g/mol. The Morgan fingerprint density at radius 3 is 2.72 bits per heavy atom. The first-order chi connectivity index (χ1) is 13.2. The summed E-state index contributed by atoms with van der Waals surface area (Å²) in [7, 11) is 0. The van der Waals surface area contributed by atoms with Gasteiger partial charge in [0.05, 0.1) is 12.1 Å². The molecule has 0 atom stereocenters. The zero-order valence-corrected chi connectivity index (χ0v) is 19.2. The number of aromatic carboxylic acids is 1. The standard InChI is InChI=1S/C20H24N2O6.Na.H/c1-20(2,3)28-19(26)21-6-4-5-12-7-13-10-27-11-22-9-15(18(24)25)17(23)14(8-12)16(13)22;;/h7-9H,4-6,10-11H2,1-3H3,(H,21,26)(H,24,25);;/q;+1;-1. The number of benzene rings is 1. The summed E-state index contributed by atoms with van der Waals surface area (Å²) in [6.07, 6.45) is 2.14. The number of aryl methyl sites for hydroxylation is 1. The second kappa shape index (κ2) is 9.30. The maximum atomic E-state index is 12.6. The number of amides is 1. The number of rotatable bonds is 5. The third-order valence-corrected chi connectivity index (χ3v) is 4.34. The van der Waals surface area contributed by atoms with Crippen molar-refractivity contribution in [2.45, 2.75) is 52.6 Å². The maximum Gasteiger partial charge on any atom is 1.00 e. The molecule has 9 heteroatoms. The fourth-order valence-electron chi connectivity index (χ4n) is 3.26. The fourth-order valence-corrected chi connectivity index (χ4v) is 3.26. The van der Waals surface area contributed by atoms with E-state index >= 15 is 0 Å². The summed E-state index contributed by atoms with van der Waals surface area (Å²) < 4.78 is 12.4. The number of hydrogen-bond acceptors (Lipinski definition) is 5. The van der Waals surface area contributed by atoms with E-state index in [1.807, 2.05) is 6.07 Å². The van der Waals surface area contributed by atoms with Crippen LogP contribution in [0.5, 0.6) is 0 Å². The molecule has 1 aromatic heterocycles. The molecule has 0 radical (unpaired) electrons. The minimum atomic E-state index is -1.25. The van der Waals surface area contributed by atoms with Gasteiger partial charge in [0.25, 0.3) is 0 Å². The van der Waals surface area contributed by atoms with Crippen LogP contribution in [0.1, 0.15) is 50.1 Å². The Morgan fingerprint density at radius 2 is 2.07 bits per heavy atom. The molecule has 1 aliphatic rings. The summed E-state index contributed by atoms with van der Waals surface area (Å²) in [5.41, 5.74) is 1.16. The molecule has 3 rings (SSSR count). The van der Waals surface area contributed by atoms with Crippen molar-refractivity contribution >= 4 is 23.0 Å². The smallest absolute Gasteiger partial charge is 1.00 e. The molecule has 0 fully saturated rings. The number of carbonyl (C=O) groups is 2. The van der Waals surface area contributed by atoms with Crippen molar-refractivity contribution in [1.82, 2.24) is 9.88 Å². The first-order valence-electron chi connectivity index (χ1n) is 9.12. The number of hydrogen-bond donors (Lipinski definition) is 2. The van der Waals surface area contributed by atoms with Crippen LogP contribution in [0.25, 0.3) is 10.9 Å². The van der Waals surface area contributed by atoms with Gasteiger partial charge in [0.15, 0.2) is 0 Å². The molecule has 1 aromatic carbocycles. The molecular formula is C20H25N2NaO6. The topological polar surface area (TPSA) is 107 Å². The second-order valence-corrected chi connectivity index (χ2v) is 7.81. The van der Waals surface area contributed by atoms with Gasteiger partial charge in [-0.15, -0.1) is 0 Å². The van der Waals surface area contributed by atoms with Crippen LogP contribution in [0.4, 0.5) is 4.79 Å². The van der Waals surface area contributed by atoms with Gasteiger partial charge in [0.2, 0.25) is 5.43 Å². The zero-order chi connectivity index (χ0) is 20.5. The summed E-state index contributed by atoms with van der Waals surface area (Å²) >= 11 is 0. The van der Waals surface area contributed by atoms with Crippen molar-refractivity contribution in [2.24, 2.45) is 0 Å². The van der Waals surface area contributed by atoms with E-state index < -0.39 is 23.1 Å². The minimum absolute atomic E-state index is 0. The van der Waals surface area contributed by atoms with Gasteiger partial charge in [-0.25, -0.2) is 9.59 Å². The molecule has 0 bridgehead atoms. The molecule has 152 valence electrons. The van der Waals surface area contributed by atoms with Crippen molar-refractivity contribution in [3.8, 4) is 0 Å². The quantitative estimate of drug-likeness (QED) is 0.519. The van der Waals surface area contributed by atoms with Gasteiger partial charge in [0, 0.05) is 23.7 Å². The molecule has 1 aliphatic heterocycles. The third kappa shape index (κ3) is 5.60. The number of carbonyl (C=O) groups excluding carboxylic acids is 1. The Hall–Kier alpha value is -1.87. The number of nitrogens with zero attached hydrogens (tertiary/aromatic N) is 1. The molecule has 0 unspecified atom stereocenters. The Morgan fingerprint density at radius 1 is 1.34 bits per heavy atom. The van der Waals surface area contributed by atoms with Gasteiger partial charge in [0.1, 0.15) is 17.9 Å². The fraction of sp³-hybridized carbons (Fsp3) is 0.450. The van der Waals surface area contributed by atoms with E-state index in [0.29, 0.717) is 31.4 Å². The van der Waals surface area contributed by atoms with E-state index in [2.05, 4.69) is 5.32 Å². The number of carboxylic acid groups (broad SMARTS) is 1. The molecule has 29 heavy (non-hydrogen) atoms. The largest absolute Gasteiger partial charge is 1.00 e. The van der Waals surface area contributed by atoms with E-state index in [9.17, 15) is 19.5 Å². The molecule has 2 heterocycles. The van der Waals surface area contributed by atoms with Crippen LogP contribution < -0.4 is 40.3 Å². The molecule has 0 aliphatic carbocycles. The Balaban J connectivity index is 0.00000225. The number of pyridine rings is 1. The van der Waals surface area contributed by atoms with E-state index in [1.54, 1.807) is 31.4 Å². The molecule has 2 aromatic rings. The summed E-state index contributed by atoms with van der Waals surface area (Å²) in [6.45, 7) is 6.40. The summed E-state index contributed by atoms with van der Waals surface area (Å²) in [4.78, 5) is 35.7. The molecule has 0 saturated carbocycles. The molecule has 8 nitrogen and oxygen atoms in total. The van der Waals surface area contributed by atoms with E-state index in [4.69, 9.17) is 9.47 Å². The van der Waals surface area contributed by atoms with Crippen molar-refractivity contribution in [3.05, 3.63) is 45.2 Å². The van der Waals surface area contributed by atoms with Crippen LogP contribution >= 0.6 is 0 Å². The number of alkyl carbamates (subject to hydrolysis) is 1. The Kier molecular flexibility index (Phi) is 7.50. The molecule has 1 amide bonds. The van der Waals surface area contributed by atoms with Crippen molar-refractivity contribution in [2.75, 3.05) is 6.54 Å². The maximum absolute atomic E-state index is 12.6. The van der Waals surface area contributed by atoms with Gasteiger partial charge in [-0.3, -0.25) is 4.79 Å². The molecule has 2 N–H and O–H groups in total. The average Bonchev–Trinajstić information content (AvgIpc) is 2.59. The van der Waals surface area contributed by atoms with Gasteiger partial charge < -0.3 is 25.9 Å². The van der Waals surface area contributed by atoms with Crippen LogP contribution in [0.15, 0.2) is 23.1 Å². The van der Waals surface area contributed by atoms with Crippen molar-refractivity contribution < 1.29 is 55.2 Å². The predicted molar refractivity (Wildman–Crippen MR) is 104 cm³/mol. The summed E-state index contributed by atoms with van der Waals surface area (Å²) in [6, 6.07) is 3.70. The third-order valence-electron chi connectivity index (χ3n) is 4.34. The number of nitrogens with one attached hydrogen (secondary N) is 1. The van der Waals surface area contributed by atoms with Gasteiger partial charge in [-0.2, -0.15) is 0 Å². The number of aromatic nitrogens is 1. The van der Waals surface area contributed by atoms with E-state index in [1.165, 1.54) is 6.20 Å². The first-order valence-corrected chi connectivity index (χ1v) is 9.12. The second-order valence-electron chi connectivity index (χ2n) is 7.81. The SMILES string of the molecule is CC(C)(C)OC(=O)NCCCc1cc2c3c(c1)c(=O)c(C(=O)O)cn3COC2.[H-].[Na+]. The van der Waals surface area contributed by atoms with Crippen molar-refractivity contribution in [3.63, 3.8) is 0 Å². The van der Waals surface area contributed by atoms with Crippen LogP contribution in [0, 0.1) is 0 Å². The normalized spacial score (nSPS) is 12.9. The summed E-state index contributed by atoms with van der Waals surface area (Å²) in [5, 5.41) is 12.4. The number of ether oxygens (including phenoxy) is 2. The molecule has 0 spiro atoms. The summed E-state index contributed by atoms with van der Waals surface area (Å²) in [5.74, 6) is -1.25. The van der Waals surface area contributed by atoms with E-state index in [-0.39, 0.29) is 43.3 Å². The predicted octanol–water partition coefficient (Wildman–Crippen LogP) is -0.239. The first kappa shape index (κ1) is 23.4. The Bertz CT molecular complexity index is 999. The van der Waals surface area contributed by atoms with Gasteiger partial charge >= 0.3 is 41.6 Å². The van der Waals surface area contributed by atoms with Gasteiger partial charge in [-0.1, -0.05) is 6.07 Å². The van der Waals surface area contributed by atoms with Gasteiger partial charge in [-0.05, 0) is 45.2 Å². The molecule has 0 saturated heterocycles. The average molecular weight is 412 g/mol. The van der Waals surface area contributed by atoms with Crippen LogP contribution in [-0.4, -0.2) is 33.9 Å². The number of carboxylic acids is 1. The van der Waals surface area contributed by atoms with E-state index in [0.717, 1.165) is 16.6 Å². The van der Waals surface area contributed by atoms with Crippen LogP contribution in [0.3, 0.4) is 0 Å². The Labute approximate surface area is 192 Å².